The number of rotatable bonds is 1. The highest BCUT2D eigenvalue weighted by Gasteiger charge is 2.06. The predicted molar refractivity (Wildman–Crippen MR) is 62.1 cm³/mol. The summed E-state index contributed by atoms with van der Waals surface area (Å²) in [6.45, 7) is 0. The molecule has 16 heavy (non-hydrogen) atoms. The molecule has 1 aromatic carbocycles. The first kappa shape index (κ1) is 9.30. The van der Waals surface area contributed by atoms with Gasteiger partial charge >= 0.3 is 0 Å². The van der Waals surface area contributed by atoms with E-state index in [1.807, 2.05) is 30.3 Å². The first-order valence-electron chi connectivity index (χ1n) is 4.76. The molecule has 0 aliphatic carbocycles. The van der Waals surface area contributed by atoms with E-state index in [4.69, 9.17) is 11.6 Å². The van der Waals surface area contributed by atoms with Crippen molar-refractivity contribution in [3.63, 3.8) is 0 Å². The average Bonchev–Trinajstić information content (AvgIpc) is 2.73. The molecule has 0 amide bonds. The van der Waals surface area contributed by atoms with Gasteiger partial charge in [-0.1, -0.05) is 30.3 Å². The number of hydrogen-bond donors (Lipinski definition) is 1. The van der Waals surface area contributed by atoms with Gasteiger partial charge in [-0.05, 0) is 11.6 Å². The van der Waals surface area contributed by atoms with E-state index in [1.54, 1.807) is 6.20 Å². The summed E-state index contributed by atoms with van der Waals surface area (Å²) in [6.07, 6.45) is 1.60. The van der Waals surface area contributed by atoms with E-state index in [0.717, 1.165) is 11.4 Å². The van der Waals surface area contributed by atoms with Crippen LogP contribution in [0, 0.1) is 0 Å². The van der Waals surface area contributed by atoms with Crippen molar-refractivity contribution in [1.82, 2.24) is 19.9 Å². The molecule has 0 atom stereocenters. The summed E-state index contributed by atoms with van der Waals surface area (Å²) in [5.41, 5.74) is 2.37. The van der Waals surface area contributed by atoms with Gasteiger partial charge in [-0.3, -0.25) is 0 Å². The van der Waals surface area contributed by atoms with Crippen molar-refractivity contribution < 1.29 is 0 Å². The maximum Gasteiger partial charge on any atom is 0.224 e. The summed E-state index contributed by atoms with van der Waals surface area (Å²) < 4.78 is 0. The first-order chi connectivity index (χ1) is 7.83. The zero-order valence-electron chi connectivity index (χ0n) is 8.18. The molecule has 0 spiro atoms. The summed E-state index contributed by atoms with van der Waals surface area (Å²) in [4.78, 5) is 15.4. The maximum absolute atomic E-state index is 5.70. The second-order valence-corrected chi connectivity index (χ2v) is 3.66. The number of fused-ring (bicyclic) bond motifs is 1. The van der Waals surface area contributed by atoms with Crippen LogP contribution >= 0.6 is 11.6 Å². The van der Waals surface area contributed by atoms with Crippen LogP contribution in [0.4, 0.5) is 0 Å². The normalized spacial score (nSPS) is 10.8. The van der Waals surface area contributed by atoms with Crippen molar-refractivity contribution in [1.29, 1.82) is 0 Å². The highest BCUT2D eigenvalue weighted by molar-refractivity contribution is 6.28. The van der Waals surface area contributed by atoms with Crippen LogP contribution in [0.2, 0.25) is 5.28 Å². The summed E-state index contributed by atoms with van der Waals surface area (Å²) in [6, 6.07) is 9.84. The zero-order chi connectivity index (χ0) is 11.0. The van der Waals surface area contributed by atoms with Gasteiger partial charge < -0.3 is 4.98 Å². The van der Waals surface area contributed by atoms with Gasteiger partial charge in [0.2, 0.25) is 5.28 Å². The molecule has 3 aromatic rings. The van der Waals surface area contributed by atoms with Gasteiger partial charge in [0.05, 0.1) is 6.20 Å². The van der Waals surface area contributed by atoms with Gasteiger partial charge in [-0.25, -0.2) is 9.97 Å². The van der Waals surface area contributed by atoms with E-state index in [-0.39, 0.29) is 5.28 Å². The summed E-state index contributed by atoms with van der Waals surface area (Å²) in [7, 11) is 0. The van der Waals surface area contributed by atoms with Gasteiger partial charge in [0.1, 0.15) is 11.3 Å². The van der Waals surface area contributed by atoms with Crippen molar-refractivity contribution in [2.75, 3.05) is 0 Å². The van der Waals surface area contributed by atoms with Crippen LogP contribution in [0.1, 0.15) is 0 Å². The lowest BCUT2D eigenvalue weighted by atomic mass is 10.2. The quantitative estimate of drug-likeness (QED) is 0.654. The van der Waals surface area contributed by atoms with Gasteiger partial charge in [0, 0.05) is 5.56 Å². The number of nitrogens with one attached hydrogen (secondary N) is 1. The minimum atomic E-state index is 0.218. The molecule has 3 rings (SSSR count). The van der Waals surface area contributed by atoms with Gasteiger partial charge in [-0.15, -0.1) is 0 Å². The Morgan fingerprint density at radius 2 is 1.88 bits per heavy atom. The van der Waals surface area contributed by atoms with Crippen LogP contribution in [-0.4, -0.2) is 19.9 Å². The lowest BCUT2D eigenvalue weighted by molar-refractivity contribution is 1.20. The van der Waals surface area contributed by atoms with Crippen molar-refractivity contribution in [2.24, 2.45) is 0 Å². The lowest BCUT2D eigenvalue weighted by Gasteiger charge is -1.92. The molecule has 2 aromatic heterocycles. The molecular weight excluding hydrogens is 224 g/mol. The molecule has 5 heteroatoms. The van der Waals surface area contributed by atoms with Crippen LogP contribution in [-0.2, 0) is 0 Å². The molecule has 2 heterocycles. The number of aromatic amines is 1. The van der Waals surface area contributed by atoms with Crippen molar-refractivity contribution in [2.45, 2.75) is 0 Å². The summed E-state index contributed by atoms with van der Waals surface area (Å²) in [5.74, 6) is 0.771. The Bertz CT molecular complexity index is 633. The largest absolute Gasteiger partial charge is 0.322 e. The van der Waals surface area contributed by atoms with E-state index in [2.05, 4.69) is 19.9 Å². The van der Waals surface area contributed by atoms with Crippen molar-refractivity contribution >= 4 is 22.8 Å². The van der Waals surface area contributed by atoms with Crippen molar-refractivity contribution in [3.8, 4) is 11.4 Å². The molecule has 4 nitrogen and oxygen atoms in total. The topological polar surface area (TPSA) is 54.5 Å². The number of hydrogen-bond acceptors (Lipinski definition) is 3. The molecule has 0 saturated carbocycles. The van der Waals surface area contributed by atoms with E-state index < -0.39 is 0 Å². The molecular formula is C11H7ClN4. The Morgan fingerprint density at radius 3 is 2.69 bits per heavy atom. The summed E-state index contributed by atoms with van der Waals surface area (Å²) in [5, 5.41) is 0.218. The molecule has 0 saturated heterocycles. The smallest absolute Gasteiger partial charge is 0.224 e. The molecule has 0 aliphatic heterocycles. The number of halogens is 1. The number of nitrogens with zero attached hydrogens (tertiary/aromatic N) is 3. The molecule has 0 aliphatic rings. The minimum absolute atomic E-state index is 0.218. The SMILES string of the molecule is Clc1ncc2nc(-c3ccccc3)[nH]c2n1. The number of H-pyrrole nitrogens is 1. The first-order valence-corrected chi connectivity index (χ1v) is 5.14. The number of imidazole rings is 1. The second-order valence-electron chi connectivity index (χ2n) is 3.32. The average molecular weight is 231 g/mol. The second kappa shape index (κ2) is 3.57. The Kier molecular flexibility index (Phi) is 2.08. The monoisotopic (exact) mass is 230 g/mol. The Hall–Kier alpha value is -1.94. The predicted octanol–water partition coefficient (Wildman–Crippen LogP) is 2.67. The van der Waals surface area contributed by atoms with E-state index in [0.29, 0.717) is 11.2 Å². The van der Waals surface area contributed by atoms with Gasteiger partial charge in [0.15, 0.2) is 5.65 Å². The van der Waals surface area contributed by atoms with E-state index in [9.17, 15) is 0 Å². The molecule has 0 fully saturated rings. The van der Waals surface area contributed by atoms with Crippen LogP contribution in [0.3, 0.4) is 0 Å². The van der Waals surface area contributed by atoms with E-state index >= 15 is 0 Å². The molecule has 0 unspecified atom stereocenters. The Labute approximate surface area is 96.3 Å². The molecule has 78 valence electrons. The molecule has 1 N–H and O–H groups in total. The highest BCUT2D eigenvalue weighted by Crippen LogP contribution is 2.18. The molecule has 0 radical (unpaired) electrons. The van der Waals surface area contributed by atoms with Gasteiger partial charge in [0.25, 0.3) is 0 Å². The number of benzene rings is 1. The van der Waals surface area contributed by atoms with Crippen LogP contribution in [0.25, 0.3) is 22.6 Å². The third kappa shape index (κ3) is 1.53. The fraction of sp³-hybridized carbons (Fsp3) is 0. The standard InChI is InChI=1S/C11H7ClN4/c12-11-13-6-8-10(16-11)15-9(14-8)7-4-2-1-3-5-7/h1-6H,(H,13,14,15,16). The number of aromatic nitrogens is 4. The zero-order valence-corrected chi connectivity index (χ0v) is 8.94. The summed E-state index contributed by atoms with van der Waals surface area (Å²) >= 11 is 5.70. The Morgan fingerprint density at radius 1 is 1.06 bits per heavy atom. The minimum Gasteiger partial charge on any atom is -0.322 e. The van der Waals surface area contributed by atoms with E-state index in [1.165, 1.54) is 0 Å². The fourth-order valence-corrected chi connectivity index (χ4v) is 1.65. The molecule has 0 bridgehead atoms. The van der Waals surface area contributed by atoms with Crippen LogP contribution in [0.15, 0.2) is 36.5 Å². The van der Waals surface area contributed by atoms with Crippen molar-refractivity contribution in [3.05, 3.63) is 41.8 Å². The highest BCUT2D eigenvalue weighted by atomic mass is 35.5. The maximum atomic E-state index is 5.70. The van der Waals surface area contributed by atoms with Gasteiger partial charge in [-0.2, -0.15) is 4.98 Å². The van der Waals surface area contributed by atoms with Crippen LogP contribution < -0.4 is 0 Å². The lowest BCUT2D eigenvalue weighted by Crippen LogP contribution is -1.81. The third-order valence-corrected chi connectivity index (χ3v) is 2.44. The third-order valence-electron chi connectivity index (χ3n) is 2.26. The fourth-order valence-electron chi connectivity index (χ4n) is 1.52. The van der Waals surface area contributed by atoms with Crippen LogP contribution in [0.5, 0.6) is 0 Å². The Balaban J connectivity index is 2.19.